The average molecular weight is 131 g/mol. The van der Waals surface area contributed by atoms with Gasteiger partial charge in [-0.25, -0.2) is 0 Å². The van der Waals surface area contributed by atoms with Gasteiger partial charge in [-0.1, -0.05) is 6.58 Å². The van der Waals surface area contributed by atoms with Crippen molar-refractivity contribution in [3.8, 4) is 18.2 Å². The van der Waals surface area contributed by atoms with Crippen molar-refractivity contribution in [2.45, 2.75) is 6.92 Å². The van der Waals surface area contributed by atoms with Crippen molar-refractivity contribution in [3.05, 3.63) is 12.2 Å². The molecule has 0 bridgehead atoms. The summed E-state index contributed by atoms with van der Waals surface area (Å²) < 4.78 is 0. The molecule has 0 aliphatic heterocycles. The standard InChI is InChI=1S/C7H5N3/c1-6(2)7(3-8,4-9)5-10/h1H2,2H3. The second-order valence-corrected chi connectivity index (χ2v) is 1.87. The van der Waals surface area contributed by atoms with Gasteiger partial charge in [-0.2, -0.15) is 15.8 Å². The first-order chi connectivity index (χ1) is 4.63. The number of hydrogen-bond donors (Lipinski definition) is 0. The lowest BCUT2D eigenvalue weighted by molar-refractivity contribution is 0.811. The molecule has 0 radical (unpaired) electrons. The van der Waals surface area contributed by atoms with Crippen LogP contribution >= 0.6 is 0 Å². The Morgan fingerprint density at radius 3 is 1.50 bits per heavy atom. The highest BCUT2D eigenvalue weighted by atomic mass is 14.4. The number of nitriles is 3. The third-order valence-corrected chi connectivity index (χ3v) is 1.14. The molecule has 0 N–H and O–H groups in total. The Bertz CT molecular complexity index is 233. The van der Waals surface area contributed by atoms with Gasteiger partial charge in [0.05, 0.1) is 0 Å². The van der Waals surface area contributed by atoms with Crippen LogP contribution in [0, 0.1) is 39.4 Å². The second kappa shape index (κ2) is 2.67. The normalized spacial score (nSPS) is 8.60. The van der Waals surface area contributed by atoms with Gasteiger partial charge in [-0.05, 0) is 12.5 Å². The van der Waals surface area contributed by atoms with Gasteiger partial charge in [-0.3, -0.25) is 0 Å². The van der Waals surface area contributed by atoms with Gasteiger partial charge < -0.3 is 0 Å². The van der Waals surface area contributed by atoms with E-state index in [4.69, 9.17) is 15.8 Å². The summed E-state index contributed by atoms with van der Waals surface area (Å²) in [6.07, 6.45) is 0. The highest BCUT2D eigenvalue weighted by Crippen LogP contribution is 2.21. The highest BCUT2D eigenvalue weighted by molar-refractivity contribution is 5.38. The maximum Gasteiger partial charge on any atom is 0.249 e. The van der Waals surface area contributed by atoms with E-state index in [0.29, 0.717) is 0 Å². The molecule has 0 saturated carbocycles. The van der Waals surface area contributed by atoms with E-state index in [1.807, 2.05) is 0 Å². The van der Waals surface area contributed by atoms with Crippen molar-refractivity contribution in [1.29, 1.82) is 15.8 Å². The summed E-state index contributed by atoms with van der Waals surface area (Å²) in [6, 6.07) is 4.78. The van der Waals surface area contributed by atoms with Gasteiger partial charge in [-0.15, -0.1) is 0 Å². The smallest absolute Gasteiger partial charge is 0.195 e. The predicted molar refractivity (Wildman–Crippen MR) is 34.1 cm³/mol. The van der Waals surface area contributed by atoms with Gasteiger partial charge >= 0.3 is 0 Å². The van der Waals surface area contributed by atoms with Gasteiger partial charge in [0.15, 0.2) is 0 Å². The van der Waals surface area contributed by atoms with Gasteiger partial charge in [0.25, 0.3) is 0 Å². The van der Waals surface area contributed by atoms with Crippen LogP contribution in [0.15, 0.2) is 12.2 Å². The second-order valence-electron chi connectivity index (χ2n) is 1.87. The van der Waals surface area contributed by atoms with E-state index in [0.717, 1.165) is 0 Å². The summed E-state index contributed by atoms with van der Waals surface area (Å²) in [4.78, 5) is 0. The molecule has 0 heterocycles. The minimum atomic E-state index is -1.65. The molecule has 0 atom stereocenters. The summed E-state index contributed by atoms with van der Waals surface area (Å²) >= 11 is 0. The van der Waals surface area contributed by atoms with Crippen LogP contribution < -0.4 is 0 Å². The maximum absolute atomic E-state index is 8.39. The first kappa shape index (κ1) is 8.21. The number of allylic oxidation sites excluding steroid dienone is 1. The monoisotopic (exact) mass is 131 g/mol. The lowest BCUT2D eigenvalue weighted by atomic mass is 9.87. The Kier molecular flexibility index (Phi) is 2.19. The Balaban J connectivity index is 5.00. The molecule has 0 saturated heterocycles. The summed E-state index contributed by atoms with van der Waals surface area (Å²) in [5, 5.41) is 25.2. The number of rotatable bonds is 1. The SMILES string of the molecule is C=C(C)C(C#N)(C#N)C#N. The maximum atomic E-state index is 8.39. The predicted octanol–water partition coefficient (Wildman–Crippen LogP) is 1.12. The molecule has 3 nitrogen and oxygen atoms in total. The first-order valence-corrected chi connectivity index (χ1v) is 2.52. The highest BCUT2D eigenvalue weighted by Gasteiger charge is 2.30. The largest absolute Gasteiger partial charge is 0.249 e. The molecule has 48 valence electrons. The van der Waals surface area contributed by atoms with E-state index in [2.05, 4.69) is 6.58 Å². The van der Waals surface area contributed by atoms with Crippen molar-refractivity contribution in [3.63, 3.8) is 0 Å². The van der Waals surface area contributed by atoms with Crippen LogP contribution in [0.5, 0.6) is 0 Å². The molecule has 10 heavy (non-hydrogen) atoms. The molecule has 0 spiro atoms. The third kappa shape index (κ3) is 0.966. The summed E-state index contributed by atoms with van der Waals surface area (Å²) in [6.45, 7) is 4.85. The molecule has 0 rings (SSSR count). The van der Waals surface area contributed by atoms with Gasteiger partial charge in [0, 0.05) is 0 Å². The fraction of sp³-hybridized carbons (Fsp3) is 0.286. The molecule has 0 aromatic heterocycles. The zero-order valence-electron chi connectivity index (χ0n) is 5.55. The van der Waals surface area contributed by atoms with Crippen LogP contribution in [-0.4, -0.2) is 0 Å². The molecule has 0 aliphatic carbocycles. The minimum absolute atomic E-state index is 0.264. The van der Waals surface area contributed by atoms with E-state index < -0.39 is 5.41 Å². The van der Waals surface area contributed by atoms with Crippen LogP contribution in [0.2, 0.25) is 0 Å². The summed E-state index contributed by atoms with van der Waals surface area (Å²) in [5.74, 6) is 0. The molecule has 0 aromatic carbocycles. The number of nitrogens with zero attached hydrogens (tertiary/aromatic N) is 3. The molecule has 0 amide bonds. The van der Waals surface area contributed by atoms with Crippen LogP contribution in [0.4, 0.5) is 0 Å². The van der Waals surface area contributed by atoms with Crippen molar-refractivity contribution in [2.24, 2.45) is 5.41 Å². The topological polar surface area (TPSA) is 71.4 Å². The molecule has 0 aromatic rings. The molecule has 0 unspecified atom stereocenters. The fourth-order valence-electron chi connectivity index (χ4n) is 0.361. The molecule has 3 heteroatoms. The van der Waals surface area contributed by atoms with E-state index >= 15 is 0 Å². The first-order valence-electron chi connectivity index (χ1n) is 2.52. The molecular formula is C7H5N3. The van der Waals surface area contributed by atoms with Crippen molar-refractivity contribution in [1.82, 2.24) is 0 Å². The Hall–Kier alpha value is -1.79. The quantitative estimate of drug-likeness (QED) is 0.500. The van der Waals surface area contributed by atoms with Crippen molar-refractivity contribution >= 4 is 0 Å². The van der Waals surface area contributed by atoms with Gasteiger partial charge in [0.2, 0.25) is 5.41 Å². The third-order valence-electron chi connectivity index (χ3n) is 1.14. The lowest BCUT2D eigenvalue weighted by Gasteiger charge is -2.05. The van der Waals surface area contributed by atoms with Crippen molar-refractivity contribution in [2.75, 3.05) is 0 Å². The van der Waals surface area contributed by atoms with Crippen LogP contribution in [0.25, 0.3) is 0 Å². The van der Waals surface area contributed by atoms with Crippen molar-refractivity contribution < 1.29 is 0 Å². The van der Waals surface area contributed by atoms with Gasteiger partial charge in [0.1, 0.15) is 18.2 Å². The Morgan fingerprint density at radius 1 is 1.20 bits per heavy atom. The van der Waals surface area contributed by atoms with E-state index in [1.54, 1.807) is 18.2 Å². The van der Waals surface area contributed by atoms with Crippen LogP contribution in [0.1, 0.15) is 6.92 Å². The summed E-state index contributed by atoms with van der Waals surface area (Å²) in [7, 11) is 0. The lowest BCUT2D eigenvalue weighted by Crippen LogP contribution is -2.13. The fourth-order valence-corrected chi connectivity index (χ4v) is 0.361. The Morgan fingerprint density at radius 2 is 1.50 bits per heavy atom. The molecular weight excluding hydrogens is 126 g/mol. The van der Waals surface area contributed by atoms with Crippen LogP contribution in [-0.2, 0) is 0 Å². The van der Waals surface area contributed by atoms with E-state index in [1.165, 1.54) is 6.92 Å². The van der Waals surface area contributed by atoms with Crippen LogP contribution in [0.3, 0.4) is 0 Å². The van der Waals surface area contributed by atoms with E-state index in [9.17, 15) is 0 Å². The summed E-state index contributed by atoms with van der Waals surface area (Å²) in [5.41, 5.74) is -1.39. The molecule has 0 fully saturated rings. The zero-order valence-corrected chi connectivity index (χ0v) is 5.55. The zero-order chi connectivity index (χ0) is 8.20. The molecule has 0 aliphatic rings. The minimum Gasteiger partial charge on any atom is -0.195 e. The Labute approximate surface area is 59.4 Å². The van der Waals surface area contributed by atoms with E-state index in [-0.39, 0.29) is 5.57 Å². The number of hydrogen-bond acceptors (Lipinski definition) is 3. The average Bonchev–Trinajstić information content (AvgIpc) is 1.92.